The van der Waals surface area contributed by atoms with Crippen molar-refractivity contribution in [1.82, 2.24) is 15.0 Å². The van der Waals surface area contributed by atoms with Crippen LogP contribution in [0.4, 0.5) is 0 Å². The average molecular weight is 357 g/mol. The van der Waals surface area contributed by atoms with E-state index in [9.17, 15) is 4.79 Å². The van der Waals surface area contributed by atoms with Crippen LogP contribution in [-0.2, 0) is 9.53 Å². The molecule has 1 saturated heterocycles. The molecule has 1 aliphatic heterocycles. The summed E-state index contributed by atoms with van der Waals surface area (Å²) < 4.78 is 16.3. The maximum Gasteiger partial charge on any atom is 0.258 e. The molecule has 7 nitrogen and oxygen atoms in total. The number of hydrogen-bond acceptors (Lipinski definition) is 6. The van der Waals surface area contributed by atoms with Crippen molar-refractivity contribution in [2.45, 2.75) is 31.8 Å². The van der Waals surface area contributed by atoms with Gasteiger partial charge in [-0.1, -0.05) is 18.0 Å². The third kappa shape index (κ3) is 3.44. The molecule has 4 rings (SSSR count). The Morgan fingerprint density at radius 1 is 1.23 bits per heavy atom. The fourth-order valence-corrected chi connectivity index (χ4v) is 3.65. The lowest BCUT2D eigenvalue weighted by molar-refractivity contribution is -0.143. The monoisotopic (exact) mass is 357 g/mol. The predicted octanol–water partition coefficient (Wildman–Crippen LogP) is 2.84. The summed E-state index contributed by atoms with van der Waals surface area (Å²) in [5, 5.41) is 4.07. The number of amides is 1. The van der Waals surface area contributed by atoms with Gasteiger partial charge in [-0.15, -0.1) is 0 Å². The Morgan fingerprint density at radius 3 is 2.73 bits per heavy atom. The molecule has 26 heavy (non-hydrogen) atoms. The molecule has 7 heteroatoms. The standard InChI is InChI=1S/C19H23N3O4/c1-24-15-8-6-13(7-9-15)18-20-17(21-26-18)16-12-22(10-11-25-16)19(23)14-4-2-3-5-14/h6-9,14,16H,2-5,10-12H2,1H3. The number of benzene rings is 1. The van der Waals surface area contributed by atoms with Crippen molar-refractivity contribution < 1.29 is 18.8 Å². The summed E-state index contributed by atoms with van der Waals surface area (Å²) in [6.07, 6.45) is 3.97. The van der Waals surface area contributed by atoms with Crippen LogP contribution in [0.3, 0.4) is 0 Å². The van der Waals surface area contributed by atoms with Gasteiger partial charge in [0.15, 0.2) is 0 Å². The summed E-state index contributed by atoms with van der Waals surface area (Å²) >= 11 is 0. The zero-order valence-electron chi connectivity index (χ0n) is 14.9. The number of carbonyl (C=O) groups is 1. The minimum atomic E-state index is -0.343. The second kappa shape index (κ2) is 7.45. The maximum atomic E-state index is 12.7. The van der Waals surface area contributed by atoms with Gasteiger partial charge in [-0.25, -0.2) is 0 Å². The Hall–Kier alpha value is -2.41. The third-order valence-corrected chi connectivity index (χ3v) is 5.15. The fourth-order valence-electron chi connectivity index (χ4n) is 3.65. The Kier molecular flexibility index (Phi) is 4.88. The van der Waals surface area contributed by atoms with Gasteiger partial charge in [0.05, 0.1) is 20.3 Å². The second-order valence-corrected chi connectivity index (χ2v) is 6.81. The molecule has 2 fully saturated rings. The van der Waals surface area contributed by atoms with Gasteiger partial charge in [0.2, 0.25) is 11.7 Å². The van der Waals surface area contributed by atoms with E-state index < -0.39 is 0 Å². The molecule has 1 aromatic carbocycles. The summed E-state index contributed by atoms with van der Waals surface area (Å²) in [6.45, 7) is 1.61. The van der Waals surface area contributed by atoms with Crippen LogP contribution >= 0.6 is 0 Å². The largest absolute Gasteiger partial charge is 0.497 e. The molecule has 2 aliphatic rings. The molecule has 1 saturated carbocycles. The first kappa shape index (κ1) is 17.0. The number of nitrogens with zero attached hydrogens (tertiary/aromatic N) is 3. The van der Waals surface area contributed by atoms with Crippen LogP contribution in [0.15, 0.2) is 28.8 Å². The van der Waals surface area contributed by atoms with Crippen molar-refractivity contribution in [3.63, 3.8) is 0 Å². The van der Waals surface area contributed by atoms with Crippen molar-refractivity contribution in [3.8, 4) is 17.2 Å². The Balaban J connectivity index is 1.45. The number of aromatic nitrogens is 2. The van der Waals surface area contributed by atoms with Gasteiger partial charge in [0, 0.05) is 18.0 Å². The molecule has 138 valence electrons. The van der Waals surface area contributed by atoms with Crippen LogP contribution in [0.5, 0.6) is 5.75 Å². The minimum absolute atomic E-state index is 0.175. The van der Waals surface area contributed by atoms with Crippen LogP contribution in [0.25, 0.3) is 11.5 Å². The summed E-state index contributed by atoms with van der Waals surface area (Å²) in [7, 11) is 1.62. The summed E-state index contributed by atoms with van der Waals surface area (Å²) in [5.74, 6) is 2.11. The molecule has 1 aromatic heterocycles. The van der Waals surface area contributed by atoms with Crippen molar-refractivity contribution >= 4 is 5.91 Å². The van der Waals surface area contributed by atoms with Crippen molar-refractivity contribution in [1.29, 1.82) is 0 Å². The Bertz CT molecular complexity index is 752. The Morgan fingerprint density at radius 2 is 2.00 bits per heavy atom. The van der Waals surface area contributed by atoms with E-state index in [1.807, 2.05) is 29.2 Å². The molecule has 1 unspecified atom stereocenters. The maximum absolute atomic E-state index is 12.7. The van der Waals surface area contributed by atoms with Crippen molar-refractivity contribution in [3.05, 3.63) is 30.1 Å². The van der Waals surface area contributed by atoms with Crippen molar-refractivity contribution in [2.24, 2.45) is 5.92 Å². The van der Waals surface area contributed by atoms with Gasteiger partial charge in [0.1, 0.15) is 11.9 Å². The van der Waals surface area contributed by atoms with Crippen LogP contribution < -0.4 is 4.74 Å². The van der Waals surface area contributed by atoms with E-state index in [1.165, 1.54) is 0 Å². The van der Waals surface area contributed by atoms with Gasteiger partial charge in [-0.05, 0) is 37.1 Å². The lowest BCUT2D eigenvalue weighted by Gasteiger charge is -2.33. The molecular formula is C19H23N3O4. The number of morpholine rings is 1. The summed E-state index contributed by atoms with van der Waals surface area (Å²) in [4.78, 5) is 19.0. The highest BCUT2D eigenvalue weighted by molar-refractivity contribution is 5.79. The number of hydrogen-bond donors (Lipinski definition) is 0. The highest BCUT2D eigenvalue weighted by atomic mass is 16.5. The summed E-state index contributed by atoms with van der Waals surface area (Å²) in [6, 6.07) is 7.43. The topological polar surface area (TPSA) is 77.7 Å². The first-order valence-electron chi connectivity index (χ1n) is 9.13. The first-order chi connectivity index (χ1) is 12.7. The number of carbonyl (C=O) groups excluding carboxylic acids is 1. The minimum Gasteiger partial charge on any atom is -0.497 e. The number of ether oxygens (including phenoxy) is 2. The van der Waals surface area contributed by atoms with Crippen LogP contribution in [-0.4, -0.2) is 47.8 Å². The van der Waals surface area contributed by atoms with E-state index in [2.05, 4.69) is 10.1 Å². The Labute approximate surface area is 152 Å². The third-order valence-electron chi connectivity index (χ3n) is 5.15. The molecule has 1 amide bonds. The van der Waals surface area contributed by atoms with E-state index in [0.717, 1.165) is 37.0 Å². The molecule has 1 atom stereocenters. The number of methoxy groups -OCH3 is 1. The molecule has 0 radical (unpaired) electrons. The van der Waals surface area contributed by atoms with E-state index in [1.54, 1.807) is 7.11 Å². The van der Waals surface area contributed by atoms with Crippen LogP contribution in [0, 0.1) is 5.92 Å². The van der Waals surface area contributed by atoms with E-state index in [4.69, 9.17) is 14.0 Å². The normalized spacial score (nSPS) is 21.1. The van der Waals surface area contributed by atoms with Gasteiger partial charge in [-0.2, -0.15) is 4.98 Å². The van der Waals surface area contributed by atoms with Gasteiger partial charge in [0.25, 0.3) is 5.89 Å². The van der Waals surface area contributed by atoms with Gasteiger partial charge < -0.3 is 18.9 Å². The van der Waals surface area contributed by atoms with E-state index in [-0.39, 0.29) is 17.9 Å². The highest BCUT2D eigenvalue weighted by Gasteiger charge is 2.33. The van der Waals surface area contributed by atoms with Gasteiger partial charge in [-0.3, -0.25) is 4.79 Å². The quantitative estimate of drug-likeness (QED) is 0.837. The second-order valence-electron chi connectivity index (χ2n) is 6.81. The van der Waals surface area contributed by atoms with Crippen LogP contribution in [0.2, 0.25) is 0 Å². The lowest BCUT2D eigenvalue weighted by Crippen LogP contribution is -2.44. The molecule has 1 aliphatic carbocycles. The molecule has 2 aromatic rings. The molecule has 0 N–H and O–H groups in total. The first-order valence-corrected chi connectivity index (χ1v) is 9.13. The van der Waals surface area contributed by atoms with Crippen molar-refractivity contribution in [2.75, 3.05) is 26.8 Å². The zero-order chi connectivity index (χ0) is 17.9. The highest BCUT2D eigenvalue weighted by Crippen LogP contribution is 2.29. The van der Waals surface area contributed by atoms with Gasteiger partial charge >= 0.3 is 0 Å². The number of rotatable bonds is 4. The SMILES string of the molecule is COc1ccc(-c2nc(C3CN(C(=O)C4CCCC4)CCO3)no2)cc1. The smallest absolute Gasteiger partial charge is 0.258 e. The van der Waals surface area contributed by atoms with Crippen LogP contribution in [0.1, 0.15) is 37.6 Å². The molecule has 0 spiro atoms. The molecule has 0 bridgehead atoms. The lowest BCUT2D eigenvalue weighted by atomic mass is 10.1. The molecular weight excluding hydrogens is 334 g/mol. The predicted molar refractivity (Wildman–Crippen MR) is 93.5 cm³/mol. The fraction of sp³-hybridized carbons (Fsp3) is 0.526. The average Bonchev–Trinajstić information content (AvgIpc) is 3.40. The van der Waals surface area contributed by atoms with E-state index >= 15 is 0 Å². The summed E-state index contributed by atoms with van der Waals surface area (Å²) in [5.41, 5.74) is 0.819. The van der Waals surface area contributed by atoms with E-state index in [0.29, 0.717) is 31.4 Å². The molecule has 2 heterocycles. The zero-order valence-corrected chi connectivity index (χ0v) is 14.9.